The summed E-state index contributed by atoms with van der Waals surface area (Å²) in [6, 6.07) is 0. The van der Waals surface area contributed by atoms with E-state index < -0.39 is 0 Å². The number of ether oxygens (including phenoxy) is 1. The Bertz CT molecular complexity index is 286. The predicted octanol–water partition coefficient (Wildman–Crippen LogP) is 7.00. The molecule has 0 aliphatic rings. The fourth-order valence-corrected chi connectivity index (χ4v) is 2.19. The molecule has 128 valence electrons. The Balaban J connectivity index is 3.23. The van der Waals surface area contributed by atoms with E-state index in [1.165, 1.54) is 64.2 Å². The standard InChI is InChI=1S/C21H38O/c1-4-5-6-7-8-9-10-11-12-13-14-15-16-17-18-19-20-22-21(2)3/h7-12,21H,4-6,13-20H2,1-3H3/b8-7+,10-9+,12-11-. The Morgan fingerprint density at radius 2 is 1.23 bits per heavy atom. The van der Waals surface area contributed by atoms with Crippen LogP contribution in [0, 0.1) is 0 Å². The molecule has 0 aromatic heterocycles. The first-order chi connectivity index (χ1) is 10.8. The molecule has 0 atom stereocenters. The smallest absolute Gasteiger partial charge is 0.0518 e. The summed E-state index contributed by atoms with van der Waals surface area (Å²) in [5, 5.41) is 0. The summed E-state index contributed by atoms with van der Waals surface area (Å²) < 4.78 is 5.54. The fraction of sp³-hybridized carbons (Fsp3) is 0.714. The maximum Gasteiger partial charge on any atom is 0.0518 e. The van der Waals surface area contributed by atoms with E-state index in [0.29, 0.717) is 6.10 Å². The third kappa shape index (κ3) is 19.2. The first kappa shape index (κ1) is 21.2. The Morgan fingerprint density at radius 3 is 1.82 bits per heavy atom. The zero-order valence-electron chi connectivity index (χ0n) is 15.2. The van der Waals surface area contributed by atoms with E-state index in [2.05, 4.69) is 57.2 Å². The van der Waals surface area contributed by atoms with Gasteiger partial charge in [-0.05, 0) is 39.5 Å². The average Bonchev–Trinajstić information content (AvgIpc) is 2.50. The van der Waals surface area contributed by atoms with Crippen LogP contribution in [0.5, 0.6) is 0 Å². The molecule has 1 nitrogen and oxygen atoms in total. The Morgan fingerprint density at radius 1 is 0.682 bits per heavy atom. The highest BCUT2D eigenvalue weighted by atomic mass is 16.5. The van der Waals surface area contributed by atoms with Gasteiger partial charge in [0.05, 0.1) is 6.10 Å². The van der Waals surface area contributed by atoms with Crippen LogP contribution in [-0.2, 0) is 4.74 Å². The van der Waals surface area contributed by atoms with Gasteiger partial charge in [0.2, 0.25) is 0 Å². The van der Waals surface area contributed by atoms with Crippen LogP contribution in [0.4, 0.5) is 0 Å². The van der Waals surface area contributed by atoms with Gasteiger partial charge in [0.25, 0.3) is 0 Å². The van der Waals surface area contributed by atoms with Crippen molar-refractivity contribution in [3.05, 3.63) is 36.5 Å². The van der Waals surface area contributed by atoms with Crippen LogP contribution < -0.4 is 0 Å². The monoisotopic (exact) mass is 306 g/mol. The van der Waals surface area contributed by atoms with Crippen LogP contribution in [0.3, 0.4) is 0 Å². The number of allylic oxidation sites excluding steroid dienone is 6. The summed E-state index contributed by atoms with van der Waals surface area (Å²) in [7, 11) is 0. The summed E-state index contributed by atoms with van der Waals surface area (Å²) in [4.78, 5) is 0. The average molecular weight is 307 g/mol. The maximum atomic E-state index is 5.54. The molecule has 0 unspecified atom stereocenters. The molecule has 0 amide bonds. The van der Waals surface area contributed by atoms with Crippen molar-refractivity contribution < 1.29 is 4.74 Å². The molecule has 0 N–H and O–H groups in total. The van der Waals surface area contributed by atoms with Crippen LogP contribution >= 0.6 is 0 Å². The quantitative estimate of drug-likeness (QED) is 0.234. The summed E-state index contributed by atoms with van der Waals surface area (Å²) in [5.41, 5.74) is 0. The third-order valence-electron chi connectivity index (χ3n) is 3.55. The van der Waals surface area contributed by atoms with Gasteiger partial charge in [-0.2, -0.15) is 0 Å². The number of unbranched alkanes of at least 4 members (excludes halogenated alkanes) is 8. The van der Waals surface area contributed by atoms with E-state index in [-0.39, 0.29) is 0 Å². The molecule has 0 aliphatic carbocycles. The van der Waals surface area contributed by atoms with Crippen molar-refractivity contribution in [1.82, 2.24) is 0 Å². The predicted molar refractivity (Wildman–Crippen MR) is 100 cm³/mol. The summed E-state index contributed by atoms with van der Waals surface area (Å²) in [6.07, 6.45) is 26.4. The Hall–Kier alpha value is -0.820. The normalized spacial score (nSPS) is 12.5. The maximum absolute atomic E-state index is 5.54. The second-order valence-electron chi connectivity index (χ2n) is 6.21. The lowest BCUT2D eigenvalue weighted by Crippen LogP contribution is -2.03. The number of hydrogen-bond donors (Lipinski definition) is 0. The first-order valence-corrected chi connectivity index (χ1v) is 9.37. The molecule has 0 spiro atoms. The second-order valence-corrected chi connectivity index (χ2v) is 6.21. The van der Waals surface area contributed by atoms with Crippen molar-refractivity contribution in [2.45, 2.75) is 91.1 Å². The highest BCUT2D eigenvalue weighted by Gasteiger charge is 1.93. The minimum Gasteiger partial charge on any atom is -0.379 e. The van der Waals surface area contributed by atoms with Gasteiger partial charge in [0.15, 0.2) is 0 Å². The van der Waals surface area contributed by atoms with E-state index in [1.807, 2.05) is 0 Å². The fourth-order valence-electron chi connectivity index (χ4n) is 2.19. The van der Waals surface area contributed by atoms with Gasteiger partial charge in [-0.15, -0.1) is 0 Å². The van der Waals surface area contributed by atoms with Gasteiger partial charge >= 0.3 is 0 Å². The van der Waals surface area contributed by atoms with Gasteiger partial charge in [-0.1, -0.05) is 81.9 Å². The highest BCUT2D eigenvalue weighted by molar-refractivity contribution is 5.10. The van der Waals surface area contributed by atoms with E-state index in [1.54, 1.807) is 0 Å². The minimum absolute atomic E-state index is 0.382. The van der Waals surface area contributed by atoms with Crippen molar-refractivity contribution in [2.24, 2.45) is 0 Å². The molecule has 0 heterocycles. The van der Waals surface area contributed by atoms with Gasteiger partial charge in [0, 0.05) is 6.61 Å². The lowest BCUT2D eigenvalue weighted by molar-refractivity contribution is 0.0757. The molecular formula is C21H38O. The van der Waals surface area contributed by atoms with Gasteiger partial charge < -0.3 is 4.74 Å². The SMILES string of the molecule is CCCC/C=C/C=C/C=C\CCCCCCCCOC(C)C. The van der Waals surface area contributed by atoms with Crippen LogP contribution in [0.1, 0.15) is 85.0 Å². The molecular weight excluding hydrogens is 268 g/mol. The van der Waals surface area contributed by atoms with Crippen molar-refractivity contribution in [2.75, 3.05) is 6.61 Å². The Kier molecular flexibility index (Phi) is 17.6. The minimum atomic E-state index is 0.382. The molecule has 0 aliphatic heterocycles. The number of hydrogen-bond acceptors (Lipinski definition) is 1. The molecule has 0 radical (unpaired) electrons. The molecule has 1 heteroatoms. The van der Waals surface area contributed by atoms with Gasteiger partial charge in [-0.3, -0.25) is 0 Å². The van der Waals surface area contributed by atoms with Crippen LogP contribution in [0.2, 0.25) is 0 Å². The van der Waals surface area contributed by atoms with E-state index in [4.69, 9.17) is 4.74 Å². The third-order valence-corrected chi connectivity index (χ3v) is 3.55. The molecule has 0 rings (SSSR count). The zero-order chi connectivity index (χ0) is 16.3. The molecule has 0 saturated carbocycles. The Labute approximate surface area is 139 Å². The molecule has 0 bridgehead atoms. The largest absolute Gasteiger partial charge is 0.379 e. The van der Waals surface area contributed by atoms with Crippen molar-refractivity contribution in [3.8, 4) is 0 Å². The van der Waals surface area contributed by atoms with E-state index in [0.717, 1.165) is 6.61 Å². The van der Waals surface area contributed by atoms with Crippen LogP contribution in [0.15, 0.2) is 36.5 Å². The highest BCUT2D eigenvalue weighted by Crippen LogP contribution is 2.08. The second kappa shape index (κ2) is 18.2. The van der Waals surface area contributed by atoms with Crippen LogP contribution in [0.25, 0.3) is 0 Å². The summed E-state index contributed by atoms with van der Waals surface area (Å²) in [6.45, 7) is 7.37. The summed E-state index contributed by atoms with van der Waals surface area (Å²) >= 11 is 0. The van der Waals surface area contributed by atoms with Gasteiger partial charge in [0.1, 0.15) is 0 Å². The van der Waals surface area contributed by atoms with E-state index >= 15 is 0 Å². The molecule has 0 saturated heterocycles. The van der Waals surface area contributed by atoms with Crippen molar-refractivity contribution in [1.29, 1.82) is 0 Å². The van der Waals surface area contributed by atoms with E-state index in [9.17, 15) is 0 Å². The van der Waals surface area contributed by atoms with Crippen molar-refractivity contribution >= 4 is 0 Å². The molecule has 0 aromatic carbocycles. The summed E-state index contributed by atoms with van der Waals surface area (Å²) in [5.74, 6) is 0. The number of rotatable bonds is 15. The lowest BCUT2D eigenvalue weighted by Gasteiger charge is -2.06. The first-order valence-electron chi connectivity index (χ1n) is 9.37. The lowest BCUT2D eigenvalue weighted by atomic mass is 10.1. The molecule has 22 heavy (non-hydrogen) atoms. The molecule has 0 aromatic rings. The molecule has 0 fully saturated rings. The zero-order valence-corrected chi connectivity index (χ0v) is 15.2. The van der Waals surface area contributed by atoms with Gasteiger partial charge in [-0.25, -0.2) is 0 Å². The topological polar surface area (TPSA) is 9.23 Å². The van der Waals surface area contributed by atoms with Crippen molar-refractivity contribution in [3.63, 3.8) is 0 Å². The van der Waals surface area contributed by atoms with Crippen LogP contribution in [-0.4, -0.2) is 12.7 Å².